The summed E-state index contributed by atoms with van der Waals surface area (Å²) in [7, 11) is 0. The van der Waals surface area contributed by atoms with Crippen molar-refractivity contribution in [1.82, 2.24) is 0 Å². The molecule has 0 fully saturated rings. The minimum absolute atomic E-state index is 1.06. The van der Waals surface area contributed by atoms with Crippen LogP contribution in [0.25, 0.3) is 16.8 Å². The second-order valence-corrected chi connectivity index (χ2v) is 2.65. The van der Waals surface area contributed by atoms with Gasteiger partial charge in [0.05, 0.1) is 0 Å². The van der Waals surface area contributed by atoms with Gasteiger partial charge in [0.15, 0.2) is 0 Å². The third-order valence-corrected chi connectivity index (χ3v) is 1.92. The average Bonchev–Trinajstić information content (AvgIpc) is 2.17. The van der Waals surface area contributed by atoms with Crippen LogP contribution in [0.5, 0.6) is 0 Å². The van der Waals surface area contributed by atoms with Gasteiger partial charge in [0.25, 0.3) is 0 Å². The molecule has 0 saturated heterocycles. The molecule has 0 bridgehead atoms. The second kappa shape index (κ2) is 2.82. The van der Waals surface area contributed by atoms with Gasteiger partial charge in [-0.25, -0.2) is 0 Å². The Labute approximate surface area is 72.2 Å². The Balaban J connectivity index is 2.88. The first-order valence-corrected chi connectivity index (χ1v) is 3.86. The lowest BCUT2D eigenvalue weighted by molar-refractivity contribution is 1.70. The fraction of sp³-hybridized carbons (Fsp3) is 0. The standard InChI is InChI=1S/C12H8/c1-2-10-7-5-8-11-6-3-4-9-12(10)11/h1-7,9H. The second-order valence-electron chi connectivity index (χ2n) is 2.65. The van der Waals surface area contributed by atoms with Crippen molar-refractivity contribution < 1.29 is 0 Å². The molecule has 0 unspecified atom stereocenters. The molecule has 0 aliphatic rings. The van der Waals surface area contributed by atoms with Crippen molar-refractivity contribution >= 4 is 16.8 Å². The maximum atomic E-state index is 5.48. The Kier molecular flexibility index (Phi) is 1.67. The van der Waals surface area contributed by atoms with Crippen LogP contribution in [0.3, 0.4) is 0 Å². The molecule has 0 heterocycles. The van der Waals surface area contributed by atoms with E-state index >= 15 is 0 Å². The average molecular weight is 152 g/mol. The van der Waals surface area contributed by atoms with E-state index in [1.807, 2.05) is 36.4 Å². The van der Waals surface area contributed by atoms with Crippen LogP contribution in [0, 0.1) is 12.6 Å². The topological polar surface area (TPSA) is 0 Å². The largest absolute Gasteiger partial charge is 0.0616 e. The van der Waals surface area contributed by atoms with Gasteiger partial charge in [0, 0.05) is 0 Å². The van der Waals surface area contributed by atoms with E-state index in [1.54, 1.807) is 6.08 Å². The number of hydrogen-bond acceptors (Lipinski definition) is 0. The Morgan fingerprint density at radius 2 is 2.00 bits per heavy atom. The highest BCUT2D eigenvalue weighted by molar-refractivity contribution is 5.89. The van der Waals surface area contributed by atoms with Crippen LogP contribution < -0.4 is 0 Å². The first kappa shape index (κ1) is 7.11. The molecule has 0 atom stereocenters. The third kappa shape index (κ3) is 1.02. The number of benzene rings is 2. The SMILES string of the molecule is [CH]=Cc1cc[c]c2ccccc12. The highest BCUT2D eigenvalue weighted by Gasteiger charge is 1.94. The first-order valence-electron chi connectivity index (χ1n) is 3.86. The maximum absolute atomic E-state index is 5.48. The summed E-state index contributed by atoms with van der Waals surface area (Å²) in [6.07, 6.45) is 1.62. The molecule has 0 aliphatic heterocycles. The van der Waals surface area contributed by atoms with Crippen molar-refractivity contribution in [2.75, 3.05) is 0 Å². The van der Waals surface area contributed by atoms with Gasteiger partial charge >= 0.3 is 0 Å². The van der Waals surface area contributed by atoms with E-state index in [2.05, 4.69) is 6.07 Å². The Hall–Kier alpha value is -1.56. The van der Waals surface area contributed by atoms with Gasteiger partial charge in [0.2, 0.25) is 0 Å². The highest BCUT2D eigenvalue weighted by Crippen LogP contribution is 2.18. The molecule has 56 valence electrons. The quantitative estimate of drug-likeness (QED) is 0.589. The third-order valence-electron chi connectivity index (χ3n) is 1.92. The van der Waals surface area contributed by atoms with Crippen molar-refractivity contribution in [2.45, 2.75) is 0 Å². The van der Waals surface area contributed by atoms with Crippen molar-refractivity contribution in [3.63, 3.8) is 0 Å². The fourth-order valence-electron chi connectivity index (χ4n) is 1.32. The van der Waals surface area contributed by atoms with Crippen LogP contribution in [0.15, 0.2) is 36.4 Å². The molecule has 0 aromatic heterocycles. The lowest BCUT2D eigenvalue weighted by Crippen LogP contribution is -1.76. The smallest absolute Gasteiger partial charge is 0.00987 e. The predicted molar refractivity (Wildman–Crippen MR) is 51.5 cm³/mol. The van der Waals surface area contributed by atoms with E-state index in [-0.39, 0.29) is 0 Å². The monoisotopic (exact) mass is 152 g/mol. The van der Waals surface area contributed by atoms with Gasteiger partial charge in [0.1, 0.15) is 0 Å². The van der Waals surface area contributed by atoms with Crippen LogP contribution in [-0.2, 0) is 0 Å². The molecule has 2 aromatic rings. The van der Waals surface area contributed by atoms with Crippen molar-refractivity contribution in [3.8, 4) is 0 Å². The van der Waals surface area contributed by atoms with Crippen molar-refractivity contribution in [2.24, 2.45) is 0 Å². The van der Waals surface area contributed by atoms with E-state index < -0.39 is 0 Å². The van der Waals surface area contributed by atoms with E-state index in [4.69, 9.17) is 6.58 Å². The summed E-state index contributed by atoms with van der Waals surface area (Å²) >= 11 is 0. The van der Waals surface area contributed by atoms with Crippen LogP contribution in [-0.4, -0.2) is 0 Å². The van der Waals surface area contributed by atoms with Gasteiger partial charge in [-0.2, -0.15) is 0 Å². The molecule has 2 rings (SSSR count). The molecule has 0 amide bonds. The van der Waals surface area contributed by atoms with E-state index in [0.29, 0.717) is 0 Å². The Morgan fingerprint density at radius 1 is 1.17 bits per heavy atom. The van der Waals surface area contributed by atoms with Gasteiger partial charge in [-0.3, -0.25) is 0 Å². The lowest BCUT2D eigenvalue weighted by Gasteiger charge is -1.99. The molecule has 0 saturated carbocycles. The van der Waals surface area contributed by atoms with Crippen LogP contribution in [0.4, 0.5) is 0 Å². The summed E-state index contributed by atoms with van der Waals surface area (Å²) < 4.78 is 0. The van der Waals surface area contributed by atoms with Crippen LogP contribution in [0.1, 0.15) is 5.56 Å². The molecule has 2 aromatic carbocycles. The zero-order valence-electron chi connectivity index (χ0n) is 6.62. The summed E-state index contributed by atoms with van der Waals surface area (Å²) in [5.74, 6) is 0. The molecule has 0 aliphatic carbocycles. The number of hydrogen-bond donors (Lipinski definition) is 0. The first-order chi connectivity index (χ1) is 5.92. The van der Waals surface area contributed by atoms with Gasteiger partial charge in [-0.05, 0) is 22.4 Å². The molecule has 0 nitrogen and oxygen atoms in total. The molecule has 0 N–H and O–H groups in total. The maximum Gasteiger partial charge on any atom is -0.00987 e. The molecular formula is C12H8. The summed E-state index contributed by atoms with van der Waals surface area (Å²) in [5, 5.41) is 2.26. The highest BCUT2D eigenvalue weighted by atomic mass is 14.0. The zero-order valence-corrected chi connectivity index (χ0v) is 6.62. The molecule has 2 radical (unpaired) electrons. The van der Waals surface area contributed by atoms with Crippen molar-refractivity contribution in [3.05, 3.63) is 54.6 Å². The summed E-state index contributed by atoms with van der Waals surface area (Å²) in [6.45, 7) is 5.48. The summed E-state index contributed by atoms with van der Waals surface area (Å²) in [6, 6.07) is 15.1. The molecule has 0 heteroatoms. The van der Waals surface area contributed by atoms with Crippen LogP contribution >= 0.6 is 0 Å². The molecule has 0 spiro atoms. The van der Waals surface area contributed by atoms with Gasteiger partial charge < -0.3 is 0 Å². The molecule has 12 heavy (non-hydrogen) atoms. The van der Waals surface area contributed by atoms with E-state index in [9.17, 15) is 0 Å². The Morgan fingerprint density at radius 3 is 2.83 bits per heavy atom. The lowest BCUT2D eigenvalue weighted by atomic mass is 10.1. The normalized spacial score (nSPS) is 10.0. The number of fused-ring (bicyclic) bond motifs is 1. The van der Waals surface area contributed by atoms with E-state index in [0.717, 1.165) is 16.3 Å². The minimum Gasteiger partial charge on any atom is -0.0616 e. The van der Waals surface area contributed by atoms with Gasteiger partial charge in [-0.1, -0.05) is 49.1 Å². The van der Waals surface area contributed by atoms with Gasteiger partial charge in [-0.15, -0.1) is 0 Å². The van der Waals surface area contributed by atoms with Crippen LogP contribution in [0.2, 0.25) is 0 Å². The zero-order chi connectivity index (χ0) is 8.39. The minimum atomic E-state index is 1.06. The Bertz CT molecular complexity index is 408. The number of rotatable bonds is 1. The fourth-order valence-corrected chi connectivity index (χ4v) is 1.32. The summed E-state index contributed by atoms with van der Waals surface area (Å²) in [5.41, 5.74) is 1.06. The van der Waals surface area contributed by atoms with E-state index in [1.165, 1.54) is 0 Å². The van der Waals surface area contributed by atoms with Crippen molar-refractivity contribution in [1.29, 1.82) is 0 Å². The summed E-state index contributed by atoms with van der Waals surface area (Å²) in [4.78, 5) is 0. The predicted octanol–water partition coefficient (Wildman–Crippen LogP) is 3.09. The molecular weight excluding hydrogens is 144 g/mol.